The van der Waals surface area contributed by atoms with Gasteiger partial charge in [-0.25, -0.2) is 4.98 Å². The van der Waals surface area contributed by atoms with Crippen LogP contribution >= 0.6 is 0 Å². The molecule has 0 aliphatic carbocycles. The Bertz CT molecular complexity index is 722. The van der Waals surface area contributed by atoms with Gasteiger partial charge in [0.05, 0.1) is 13.2 Å². The molecule has 2 aliphatic heterocycles. The van der Waals surface area contributed by atoms with E-state index in [-0.39, 0.29) is 5.79 Å². The molecule has 1 aromatic carbocycles. The first kappa shape index (κ1) is 17.2. The minimum atomic E-state index is -0.352. The van der Waals surface area contributed by atoms with E-state index in [1.807, 2.05) is 13.0 Å². The molecule has 1 aromatic heterocycles. The molecule has 0 atom stereocenters. The molecule has 0 radical (unpaired) electrons. The average Bonchev–Trinajstić information content (AvgIpc) is 3.11. The molecule has 0 saturated carbocycles. The van der Waals surface area contributed by atoms with E-state index in [0.717, 1.165) is 50.4 Å². The Kier molecular flexibility index (Phi) is 5.04. The number of hydrogen-bond acceptors (Lipinski definition) is 6. The highest BCUT2D eigenvalue weighted by Gasteiger charge is 2.40. The second kappa shape index (κ2) is 7.60. The van der Waals surface area contributed by atoms with Crippen LogP contribution in [0.5, 0.6) is 0 Å². The molecule has 1 N–H and O–H groups in total. The summed E-state index contributed by atoms with van der Waals surface area (Å²) in [5.74, 6) is 1.33. The molecule has 0 unspecified atom stereocenters. The Morgan fingerprint density at radius 2 is 1.81 bits per heavy atom. The largest absolute Gasteiger partial charge is 0.356 e. The summed E-state index contributed by atoms with van der Waals surface area (Å²) in [6.07, 6.45) is 2.72. The minimum Gasteiger partial charge on any atom is -0.356 e. The lowest BCUT2D eigenvalue weighted by Crippen LogP contribution is -2.45. The Morgan fingerprint density at radius 3 is 2.54 bits per heavy atom. The quantitative estimate of drug-likeness (QED) is 0.891. The van der Waals surface area contributed by atoms with E-state index in [4.69, 9.17) is 14.5 Å². The molecule has 6 heteroatoms. The number of benzene rings is 1. The van der Waals surface area contributed by atoms with Gasteiger partial charge in [-0.1, -0.05) is 30.3 Å². The number of nitrogens with zero attached hydrogens (tertiary/aromatic N) is 3. The maximum atomic E-state index is 5.81. The SMILES string of the molecule is Cc1cc(N2CCC3(CC2)OCCO3)nc(NCCc2ccccc2)n1. The number of hydrogen-bond donors (Lipinski definition) is 1. The Morgan fingerprint density at radius 1 is 1.08 bits per heavy atom. The van der Waals surface area contributed by atoms with Crippen molar-refractivity contribution < 1.29 is 9.47 Å². The number of aryl methyl sites for hydroxylation is 1. The molecule has 6 nitrogen and oxygen atoms in total. The fraction of sp³-hybridized carbons (Fsp3) is 0.500. The van der Waals surface area contributed by atoms with Gasteiger partial charge in [-0.15, -0.1) is 0 Å². The van der Waals surface area contributed by atoms with Gasteiger partial charge >= 0.3 is 0 Å². The van der Waals surface area contributed by atoms with E-state index in [2.05, 4.69) is 45.5 Å². The summed E-state index contributed by atoms with van der Waals surface area (Å²) in [7, 11) is 0. The lowest BCUT2D eigenvalue weighted by molar-refractivity contribution is -0.169. The first-order chi connectivity index (χ1) is 12.7. The predicted molar refractivity (Wildman–Crippen MR) is 101 cm³/mol. The van der Waals surface area contributed by atoms with Crippen LogP contribution in [-0.2, 0) is 15.9 Å². The molecule has 2 aliphatic rings. The van der Waals surface area contributed by atoms with Crippen LogP contribution in [-0.4, -0.2) is 48.6 Å². The monoisotopic (exact) mass is 354 g/mol. The third-order valence-electron chi connectivity index (χ3n) is 5.04. The van der Waals surface area contributed by atoms with Crippen molar-refractivity contribution >= 4 is 11.8 Å². The van der Waals surface area contributed by atoms with Crippen molar-refractivity contribution in [2.45, 2.75) is 32.0 Å². The number of rotatable bonds is 5. The van der Waals surface area contributed by atoms with Gasteiger partial charge in [-0.2, -0.15) is 4.98 Å². The van der Waals surface area contributed by atoms with Crippen molar-refractivity contribution in [2.24, 2.45) is 0 Å². The zero-order valence-corrected chi connectivity index (χ0v) is 15.3. The molecule has 3 heterocycles. The zero-order valence-electron chi connectivity index (χ0n) is 15.3. The van der Waals surface area contributed by atoms with Crippen molar-refractivity contribution in [1.29, 1.82) is 0 Å². The molecule has 0 bridgehead atoms. The van der Waals surface area contributed by atoms with Gasteiger partial charge in [0, 0.05) is 44.2 Å². The highest BCUT2D eigenvalue weighted by atomic mass is 16.7. The van der Waals surface area contributed by atoms with Crippen LogP contribution in [0.3, 0.4) is 0 Å². The fourth-order valence-corrected chi connectivity index (χ4v) is 3.62. The Labute approximate surface area is 154 Å². The van der Waals surface area contributed by atoms with Crippen molar-refractivity contribution in [3.63, 3.8) is 0 Å². The normalized spacial score (nSPS) is 19.0. The summed E-state index contributed by atoms with van der Waals surface area (Å²) in [6.45, 7) is 6.03. The number of aromatic nitrogens is 2. The molecule has 4 rings (SSSR count). The van der Waals surface area contributed by atoms with E-state index < -0.39 is 0 Å². The van der Waals surface area contributed by atoms with Crippen LogP contribution < -0.4 is 10.2 Å². The van der Waals surface area contributed by atoms with Crippen LogP contribution in [0.4, 0.5) is 11.8 Å². The molecule has 138 valence electrons. The average molecular weight is 354 g/mol. The predicted octanol–water partition coefficient (Wildman–Crippen LogP) is 2.78. The third-order valence-corrected chi connectivity index (χ3v) is 5.04. The maximum absolute atomic E-state index is 5.81. The van der Waals surface area contributed by atoms with Crippen LogP contribution in [0.1, 0.15) is 24.1 Å². The van der Waals surface area contributed by atoms with Gasteiger partial charge in [0.15, 0.2) is 5.79 Å². The van der Waals surface area contributed by atoms with E-state index in [1.165, 1.54) is 5.56 Å². The molecule has 26 heavy (non-hydrogen) atoms. The van der Waals surface area contributed by atoms with Crippen LogP contribution in [0, 0.1) is 6.92 Å². The lowest BCUT2D eigenvalue weighted by atomic mass is 10.0. The highest BCUT2D eigenvalue weighted by molar-refractivity contribution is 5.45. The van der Waals surface area contributed by atoms with Crippen molar-refractivity contribution in [3.05, 3.63) is 47.7 Å². The van der Waals surface area contributed by atoms with Gasteiger partial charge in [0.25, 0.3) is 0 Å². The van der Waals surface area contributed by atoms with Gasteiger partial charge in [0.2, 0.25) is 5.95 Å². The summed E-state index contributed by atoms with van der Waals surface area (Å²) >= 11 is 0. The topological polar surface area (TPSA) is 59.5 Å². The first-order valence-electron chi connectivity index (χ1n) is 9.39. The number of ether oxygens (including phenoxy) is 2. The molecule has 2 saturated heterocycles. The molecule has 0 amide bonds. The van der Waals surface area contributed by atoms with E-state index in [9.17, 15) is 0 Å². The number of piperidine rings is 1. The van der Waals surface area contributed by atoms with Crippen molar-refractivity contribution in [3.8, 4) is 0 Å². The molecule has 1 spiro atoms. The summed E-state index contributed by atoms with van der Waals surface area (Å²) < 4.78 is 11.6. The lowest BCUT2D eigenvalue weighted by Gasteiger charge is -2.38. The summed E-state index contributed by atoms with van der Waals surface area (Å²) in [5.41, 5.74) is 2.29. The summed E-state index contributed by atoms with van der Waals surface area (Å²) in [4.78, 5) is 11.6. The van der Waals surface area contributed by atoms with Gasteiger partial charge in [-0.05, 0) is 18.9 Å². The van der Waals surface area contributed by atoms with Crippen LogP contribution in [0.25, 0.3) is 0 Å². The smallest absolute Gasteiger partial charge is 0.224 e. The van der Waals surface area contributed by atoms with E-state index >= 15 is 0 Å². The van der Waals surface area contributed by atoms with Crippen LogP contribution in [0.2, 0.25) is 0 Å². The van der Waals surface area contributed by atoms with Crippen molar-refractivity contribution in [2.75, 3.05) is 43.1 Å². The van der Waals surface area contributed by atoms with Gasteiger partial charge in [-0.3, -0.25) is 0 Å². The summed E-state index contributed by atoms with van der Waals surface area (Å²) in [6, 6.07) is 12.5. The van der Waals surface area contributed by atoms with E-state index in [1.54, 1.807) is 0 Å². The maximum Gasteiger partial charge on any atom is 0.224 e. The second-order valence-electron chi connectivity index (χ2n) is 6.95. The van der Waals surface area contributed by atoms with E-state index in [0.29, 0.717) is 19.2 Å². The molecule has 2 aromatic rings. The Hall–Kier alpha value is -2.18. The second-order valence-corrected chi connectivity index (χ2v) is 6.95. The number of anilines is 2. The summed E-state index contributed by atoms with van der Waals surface area (Å²) in [5, 5.41) is 3.36. The molecule has 2 fully saturated rings. The third kappa shape index (κ3) is 3.97. The first-order valence-corrected chi connectivity index (χ1v) is 9.39. The molecular weight excluding hydrogens is 328 g/mol. The zero-order chi connectivity index (χ0) is 17.8. The van der Waals surface area contributed by atoms with Crippen LogP contribution in [0.15, 0.2) is 36.4 Å². The van der Waals surface area contributed by atoms with Gasteiger partial charge in [0.1, 0.15) is 5.82 Å². The van der Waals surface area contributed by atoms with Crippen molar-refractivity contribution in [1.82, 2.24) is 9.97 Å². The Balaban J connectivity index is 1.37. The highest BCUT2D eigenvalue weighted by Crippen LogP contribution is 2.32. The fourth-order valence-electron chi connectivity index (χ4n) is 3.62. The number of nitrogens with one attached hydrogen (secondary N) is 1. The molecular formula is C20H26N4O2. The van der Waals surface area contributed by atoms with Gasteiger partial charge < -0.3 is 19.7 Å². The minimum absolute atomic E-state index is 0.352. The standard InChI is InChI=1S/C20H26N4O2/c1-16-15-18(24-11-8-20(9-12-24)25-13-14-26-20)23-19(22-16)21-10-7-17-5-3-2-4-6-17/h2-6,15H,7-14H2,1H3,(H,21,22,23).